The molecule has 0 aromatic heterocycles. The quantitative estimate of drug-likeness (QED) is 0.780. The van der Waals surface area contributed by atoms with E-state index in [0.717, 1.165) is 5.56 Å². The van der Waals surface area contributed by atoms with Crippen molar-refractivity contribution in [3.05, 3.63) is 63.9 Å². The molecule has 1 aliphatic heterocycles. The molecule has 0 aliphatic carbocycles. The Balaban J connectivity index is 1.77. The van der Waals surface area contributed by atoms with Crippen LogP contribution >= 0.6 is 11.6 Å². The average Bonchev–Trinajstić information content (AvgIpc) is 2.63. The molecular formula is C19H20ClFN2O3S. The van der Waals surface area contributed by atoms with Crippen LogP contribution in [0.2, 0.25) is 5.02 Å². The average molecular weight is 411 g/mol. The van der Waals surface area contributed by atoms with Crippen molar-refractivity contribution < 1.29 is 17.6 Å². The number of nitrogens with zero attached hydrogens (tertiary/aromatic N) is 2. The molecule has 27 heavy (non-hydrogen) atoms. The van der Waals surface area contributed by atoms with E-state index in [0.29, 0.717) is 5.56 Å². The van der Waals surface area contributed by atoms with Crippen LogP contribution in [0.4, 0.5) is 4.39 Å². The first-order chi connectivity index (χ1) is 12.7. The van der Waals surface area contributed by atoms with Crippen LogP contribution in [0.5, 0.6) is 0 Å². The summed E-state index contributed by atoms with van der Waals surface area (Å²) in [6.45, 7) is 4.24. The molecule has 144 valence electrons. The zero-order valence-corrected chi connectivity index (χ0v) is 16.6. The highest BCUT2D eigenvalue weighted by molar-refractivity contribution is 7.89. The molecule has 0 N–H and O–H groups in total. The Labute approximate surface area is 163 Å². The lowest BCUT2D eigenvalue weighted by atomic mass is 10.1. The van der Waals surface area contributed by atoms with Crippen molar-refractivity contribution in [3.8, 4) is 0 Å². The van der Waals surface area contributed by atoms with Gasteiger partial charge in [-0.15, -0.1) is 0 Å². The highest BCUT2D eigenvalue weighted by Crippen LogP contribution is 2.25. The summed E-state index contributed by atoms with van der Waals surface area (Å²) in [7, 11) is -3.65. The van der Waals surface area contributed by atoms with E-state index in [4.69, 9.17) is 11.6 Å². The topological polar surface area (TPSA) is 57.7 Å². The summed E-state index contributed by atoms with van der Waals surface area (Å²) in [6, 6.07) is 9.37. The molecule has 0 atom stereocenters. The molecule has 0 radical (unpaired) electrons. The third-order valence-corrected chi connectivity index (χ3v) is 7.02. The van der Waals surface area contributed by atoms with E-state index in [-0.39, 0.29) is 41.7 Å². The standard InChI is InChI=1S/C19H20ClFN2O3S/c1-13-6-7-14(2)17(12-13)27(25,26)23-10-8-22(9-11-23)19(24)18-15(20)4-3-5-16(18)21/h3-7,12H,8-11H2,1-2H3. The fraction of sp³-hybridized carbons (Fsp3) is 0.316. The first-order valence-electron chi connectivity index (χ1n) is 8.52. The van der Waals surface area contributed by atoms with Gasteiger partial charge in [0.05, 0.1) is 15.5 Å². The number of carbonyl (C=O) groups excluding carboxylic acids is 1. The van der Waals surface area contributed by atoms with Gasteiger partial charge in [0.2, 0.25) is 10.0 Å². The summed E-state index contributed by atoms with van der Waals surface area (Å²) in [6.07, 6.45) is 0. The van der Waals surface area contributed by atoms with E-state index in [1.807, 2.05) is 13.0 Å². The maximum absolute atomic E-state index is 14.0. The van der Waals surface area contributed by atoms with Crippen molar-refractivity contribution in [1.82, 2.24) is 9.21 Å². The number of halogens is 2. The van der Waals surface area contributed by atoms with Crippen LogP contribution in [0.25, 0.3) is 0 Å². The lowest BCUT2D eigenvalue weighted by Gasteiger charge is -2.34. The normalized spacial score (nSPS) is 15.8. The SMILES string of the molecule is Cc1ccc(C)c(S(=O)(=O)N2CCN(C(=O)c3c(F)cccc3Cl)CC2)c1. The second-order valence-corrected chi connectivity index (χ2v) is 8.88. The number of amides is 1. The molecule has 0 saturated carbocycles. The van der Waals surface area contributed by atoms with E-state index in [9.17, 15) is 17.6 Å². The van der Waals surface area contributed by atoms with Gasteiger partial charge in [-0.2, -0.15) is 4.31 Å². The monoisotopic (exact) mass is 410 g/mol. The number of aryl methyl sites for hydroxylation is 2. The Morgan fingerprint density at radius 2 is 1.74 bits per heavy atom. The molecule has 0 unspecified atom stereocenters. The van der Waals surface area contributed by atoms with E-state index in [1.165, 1.54) is 27.4 Å². The van der Waals surface area contributed by atoms with Crippen LogP contribution in [0.15, 0.2) is 41.3 Å². The largest absolute Gasteiger partial charge is 0.336 e. The summed E-state index contributed by atoms with van der Waals surface area (Å²) >= 11 is 5.96. The number of piperazine rings is 1. The summed E-state index contributed by atoms with van der Waals surface area (Å²) < 4.78 is 41.3. The third kappa shape index (κ3) is 3.85. The molecule has 2 aromatic rings. The second-order valence-electron chi connectivity index (χ2n) is 6.56. The minimum absolute atomic E-state index is 0.0467. The van der Waals surface area contributed by atoms with Crippen LogP contribution in [-0.4, -0.2) is 49.7 Å². The summed E-state index contributed by atoms with van der Waals surface area (Å²) in [5, 5.41) is 0.0467. The van der Waals surface area contributed by atoms with Crippen molar-refractivity contribution in [2.24, 2.45) is 0 Å². The number of carbonyl (C=O) groups is 1. The zero-order chi connectivity index (χ0) is 19.8. The molecular weight excluding hydrogens is 391 g/mol. The smallest absolute Gasteiger partial charge is 0.258 e. The van der Waals surface area contributed by atoms with Crippen molar-refractivity contribution in [3.63, 3.8) is 0 Å². The number of sulfonamides is 1. The second kappa shape index (κ2) is 7.58. The van der Waals surface area contributed by atoms with E-state index in [2.05, 4.69) is 0 Å². The summed E-state index contributed by atoms with van der Waals surface area (Å²) in [5.74, 6) is -1.21. The fourth-order valence-electron chi connectivity index (χ4n) is 3.12. The molecule has 0 spiro atoms. The van der Waals surface area contributed by atoms with Gasteiger partial charge in [0.15, 0.2) is 0 Å². The first-order valence-corrected chi connectivity index (χ1v) is 10.3. The maximum atomic E-state index is 14.0. The molecule has 2 aromatic carbocycles. The Bertz CT molecular complexity index is 966. The Kier molecular flexibility index (Phi) is 5.55. The van der Waals surface area contributed by atoms with Crippen molar-refractivity contribution in [1.29, 1.82) is 0 Å². The molecule has 1 saturated heterocycles. The van der Waals surface area contributed by atoms with Crippen LogP contribution in [0.1, 0.15) is 21.5 Å². The van der Waals surface area contributed by atoms with Crippen molar-refractivity contribution >= 4 is 27.5 Å². The van der Waals surface area contributed by atoms with Crippen LogP contribution in [0, 0.1) is 19.7 Å². The predicted octanol–water partition coefficient (Wildman–Crippen LogP) is 3.24. The molecule has 1 amide bonds. The molecule has 1 fully saturated rings. The van der Waals surface area contributed by atoms with Gasteiger partial charge in [0.1, 0.15) is 5.82 Å². The number of benzene rings is 2. The van der Waals surface area contributed by atoms with Crippen LogP contribution in [-0.2, 0) is 10.0 Å². The van der Waals surface area contributed by atoms with Crippen LogP contribution < -0.4 is 0 Å². The minimum atomic E-state index is -3.65. The predicted molar refractivity (Wildman–Crippen MR) is 102 cm³/mol. The number of hydrogen-bond donors (Lipinski definition) is 0. The first kappa shape index (κ1) is 19.8. The van der Waals surface area contributed by atoms with E-state index >= 15 is 0 Å². The van der Waals surface area contributed by atoms with E-state index < -0.39 is 21.7 Å². The Morgan fingerprint density at radius 3 is 2.37 bits per heavy atom. The molecule has 3 rings (SSSR count). The molecule has 8 heteroatoms. The fourth-order valence-corrected chi connectivity index (χ4v) is 5.09. The minimum Gasteiger partial charge on any atom is -0.336 e. The Hall–Kier alpha value is -1.96. The van der Waals surface area contributed by atoms with Gasteiger partial charge in [-0.25, -0.2) is 12.8 Å². The van der Waals surface area contributed by atoms with Gasteiger partial charge in [-0.3, -0.25) is 4.79 Å². The van der Waals surface area contributed by atoms with Crippen molar-refractivity contribution in [2.45, 2.75) is 18.7 Å². The van der Waals surface area contributed by atoms with E-state index in [1.54, 1.807) is 19.1 Å². The van der Waals surface area contributed by atoms with Gasteiger partial charge in [0, 0.05) is 26.2 Å². The van der Waals surface area contributed by atoms with Crippen molar-refractivity contribution in [2.75, 3.05) is 26.2 Å². The lowest BCUT2D eigenvalue weighted by Crippen LogP contribution is -2.50. The molecule has 1 heterocycles. The summed E-state index contributed by atoms with van der Waals surface area (Å²) in [5.41, 5.74) is 1.37. The third-order valence-electron chi connectivity index (χ3n) is 4.66. The number of hydrogen-bond acceptors (Lipinski definition) is 3. The lowest BCUT2D eigenvalue weighted by molar-refractivity contribution is 0.0693. The highest BCUT2D eigenvalue weighted by atomic mass is 35.5. The maximum Gasteiger partial charge on any atom is 0.258 e. The highest BCUT2D eigenvalue weighted by Gasteiger charge is 2.32. The molecule has 5 nitrogen and oxygen atoms in total. The number of rotatable bonds is 3. The van der Waals surface area contributed by atoms with Gasteiger partial charge in [-0.1, -0.05) is 29.8 Å². The molecule has 0 bridgehead atoms. The van der Waals surface area contributed by atoms with Gasteiger partial charge in [-0.05, 0) is 43.2 Å². The molecule has 1 aliphatic rings. The van der Waals surface area contributed by atoms with Gasteiger partial charge in [0.25, 0.3) is 5.91 Å². The zero-order valence-electron chi connectivity index (χ0n) is 15.1. The Morgan fingerprint density at radius 1 is 1.07 bits per heavy atom. The van der Waals surface area contributed by atoms with Gasteiger partial charge < -0.3 is 4.90 Å². The summed E-state index contributed by atoms with van der Waals surface area (Å²) in [4.78, 5) is 14.3. The van der Waals surface area contributed by atoms with Crippen LogP contribution in [0.3, 0.4) is 0 Å². The van der Waals surface area contributed by atoms with Gasteiger partial charge >= 0.3 is 0 Å².